The van der Waals surface area contributed by atoms with Crippen LogP contribution in [-0.2, 0) is 6.54 Å². The summed E-state index contributed by atoms with van der Waals surface area (Å²) in [5.74, 6) is 0.482. The van der Waals surface area contributed by atoms with E-state index in [1.54, 1.807) is 6.07 Å². The molecule has 0 spiro atoms. The van der Waals surface area contributed by atoms with E-state index in [-0.39, 0.29) is 23.5 Å². The molecular formula is C14H8N6O2. The summed E-state index contributed by atoms with van der Waals surface area (Å²) in [4.78, 5) is 23.0. The fraction of sp³-hybridized carbons (Fsp3) is 0.0714. The smallest absolute Gasteiger partial charge is 0.294 e. The molecule has 8 heteroatoms. The minimum atomic E-state index is -0.350. The van der Waals surface area contributed by atoms with E-state index in [0.29, 0.717) is 16.9 Å². The van der Waals surface area contributed by atoms with Crippen LogP contribution in [0.25, 0.3) is 22.1 Å². The lowest BCUT2D eigenvalue weighted by atomic mass is 10.2. The van der Waals surface area contributed by atoms with Crippen molar-refractivity contribution in [3.05, 3.63) is 52.6 Å². The van der Waals surface area contributed by atoms with Gasteiger partial charge in [-0.3, -0.25) is 4.79 Å². The molecule has 8 nitrogen and oxygen atoms in total. The zero-order valence-corrected chi connectivity index (χ0v) is 11.1. The standard InChI is InChI=1S/C14H8N6O2/c15-5-10-16-7-20(19-10)6-11-17-12-8-3-1-2-4-9(8)22-13(12)14(21)18-11/h1-4,7H,6H2,(H,17,18,21). The van der Waals surface area contributed by atoms with Crippen LogP contribution in [0, 0.1) is 11.3 Å². The first-order valence-corrected chi connectivity index (χ1v) is 6.44. The van der Waals surface area contributed by atoms with Gasteiger partial charge in [-0.25, -0.2) is 14.6 Å². The zero-order chi connectivity index (χ0) is 15.1. The molecule has 106 valence electrons. The molecule has 0 radical (unpaired) electrons. The van der Waals surface area contributed by atoms with Crippen LogP contribution in [0.3, 0.4) is 0 Å². The van der Waals surface area contributed by atoms with Gasteiger partial charge in [0.2, 0.25) is 5.58 Å². The molecule has 0 saturated heterocycles. The van der Waals surface area contributed by atoms with Gasteiger partial charge >= 0.3 is 0 Å². The van der Waals surface area contributed by atoms with Gasteiger partial charge < -0.3 is 9.40 Å². The van der Waals surface area contributed by atoms with Gasteiger partial charge in [-0.15, -0.1) is 5.10 Å². The van der Waals surface area contributed by atoms with Crippen LogP contribution in [0.4, 0.5) is 0 Å². The van der Waals surface area contributed by atoms with Crippen LogP contribution in [-0.4, -0.2) is 24.7 Å². The van der Waals surface area contributed by atoms with Crippen LogP contribution in [0.15, 0.2) is 39.8 Å². The van der Waals surface area contributed by atoms with Crippen LogP contribution in [0.5, 0.6) is 0 Å². The number of nitrogens with zero attached hydrogens (tertiary/aromatic N) is 5. The van der Waals surface area contributed by atoms with Crippen LogP contribution >= 0.6 is 0 Å². The molecule has 0 amide bonds. The van der Waals surface area contributed by atoms with E-state index in [9.17, 15) is 4.79 Å². The van der Waals surface area contributed by atoms with Crippen LogP contribution in [0.1, 0.15) is 11.6 Å². The molecule has 0 atom stereocenters. The first-order chi connectivity index (χ1) is 10.7. The highest BCUT2D eigenvalue weighted by Crippen LogP contribution is 2.24. The Bertz CT molecular complexity index is 1100. The zero-order valence-electron chi connectivity index (χ0n) is 11.1. The Morgan fingerprint density at radius 1 is 1.36 bits per heavy atom. The number of nitriles is 1. The third-order valence-corrected chi connectivity index (χ3v) is 3.23. The minimum Gasteiger partial charge on any atom is -0.449 e. The van der Waals surface area contributed by atoms with Crippen molar-refractivity contribution in [1.82, 2.24) is 24.7 Å². The van der Waals surface area contributed by atoms with E-state index < -0.39 is 0 Å². The second kappa shape index (κ2) is 4.53. The van der Waals surface area contributed by atoms with E-state index >= 15 is 0 Å². The molecule has 0 saturated carbocycles. The van der Waals surface area contributed by atoms with Gasteiger partial charge in [0.05, 0.1) is 0 Å². The van der Waals surface area contributed by atoms with Crippen molar-refractivity contribution in [3.8, 4) is 6.07 Å². The van der Waals surface area contributed by atoms with Gasteiger partial charge in [0.25, 0.3) is 11.4 Å². The first kappa shape index (κ1) is 12.3. The minimum absolute atomic E-state index is 0.0668. The van der Waals surface area contributed by atoms with Crippen molar-refractivity contribution >= 4 is 22.1 Å². The lowest BCUT2D eigenvalue weighted by Gasteiger charge is -2.00. The number of hydrogen-bond acceptors (Lipinski definition) is 6. The molecule has 0 unspecified atom stereocenters. The van der Waals surface area contributed by atoms with Crippen molar-refractivity contribution in [2.45, 2.75) is 6.54 Å². The van der Waals surface area contributed by atoms with E-state index in [1.807, 2.05) is 24.3 Å². The maximum Gasteiger partial charge on any atom is 0.294 e. The molecule has 0 fully saturated rings. The Morgan fingerprint density at radius 3 is 3.05 bits per heavy atom. The molecule has 3 aromatic heterocycles. The molecule has 4 aromatic rings. The fourth-order valence-corrected chi connectivity index (χ4v) is 2.30. The number of rotatable bonds is 2. The number of aromatic amines is 1. The van der Waals surface area contributed by atoms with Gasteiger partial charge in [-0.1, -0.05) is 12.1 Å². The number of nitrogens with one attached hydrogen (secondary N) is 1. The Labute approximate surface area is 122 Å². The highest BCUT2D eigenvalue weighted by atomic mass is 16.3. The normalized spacial score (nSPS) is 11.0. The van der Waals surface area contributed by atoms with Gasteiger partial charge in [0.1, 0.15) is 35.9 Å². The Kier molecular flexibility index (Phi) is 2.53. The first-order valence-electron chi connectivity index (χ1n) is 6.44. The third kappa shape index (κ3) is 1.84. The molecule has 4 rings (SSSR count). The lowest BCUT2D eigenvalue weighted by Crippen LogP contribution is -2.14. The number of aromatic nitrogens is 5. The topological polar surface area (TPSA) is 113 Å². The number of para-hydroxylation sites is 1. The number of benzene rings is 1. The summed E-state index contributed by atoms with van der Waals surface area (Å²) in [6.07, 6.45) is 1.41. The summed E-state index contributed by atoms with van der Waals surface area (Å²) < 4.78 is 6.96. The predicted octanol–water partition coefficient (Wildman–Crippen LogP) is 1.18. The summed E-state index contributed by atoms with van der Waals surface area (Å²) in [5.41, 5.74) is 0.966. The average molecular weight is 292 g/mol. The van der Waals surface area contributed by atoms with Gasteiger partial charge in [0.15, 0.2) is 0 Å². The highest BCUT2D eigenvalue weighted by molar-refractivity contribution is 6.01. The van der Waals surface area contributed by atoms with Crippen molar-refractivity contribution in [2.24, 2.45) is 0 Å². The second-order valence-electron chi connectivity index (χ2n) is 4.67. The molecule has 0 aliphatic carbocycles. The maximum atomic E-state index is 12.1. The van der Waals surface area contributed by atoms with E-state index in [1.165, 1.54) is 11.0 Å². The van der Waals surface area contributed by atoms with Crippen molar-refractivity contribution < 1.29 is 4.42 Å². The van der Waals surface area contributed by atoms with Crippen molar-refractivity contribution in [1.29, 1.82) is 5.26 Å². The third-order valence-electron chi connectivity index (χ3n) is 3.23. The molecule has 0 bridgehead atoms. The summed E-state index contributed by atoms with van der Waals surface area (Å²) in [6.45, 7) is 0.208. The summed E-state index contributed by atoms with van der Waals surface area (Å²) in [5, 5.41) is 13.4. The Hall–Kier alpha value is -3.47. The quantitative estimate of drug-likeness (QED) is 0.593. The van der Waals surface area contributed by atoms with Gasteiger partial charge in [-0.2, -0.15) is 5.26 Å². The second-order valence-corrected chi connectivity index (χ2v) is 4.67. The molecule has 3 heterocycles. The maximum absolute atomic E-state index is 12.1. The van der Waals surface area contributed by atoms with Crippen LogP contribution < -0.4 is 5.56 Å². The fourth-order valence-electron chi connectivity index (χ4n) is 2.30. The van der Waals surface area contributed by atoms with Crippen LogP contribution in [0.2, 0.25) is 0 Å². The highest BCUT2D eigenvalue weighted by Gasteiger charge is 2.13. The summed E-state index contributed by atoms with van der Waals surface area (Å²) in [7, 11) is 0. The number of hydrogen-bond donors (Lipinski definition) is 1. The van der Waals surface area contributed by atoms with Crippen molar-refractivity contribution in [2.75, 3.05) is 0 Å². The predicted molar refractivity (Wildman–Crippen MR) is 76.0 cm³/mol. The van der Waals surface area contributed by atoms with E-state index in [2.05, 4.69) is 20.1 Å². The summed E-state index contributed by atoms with van der Waals surface area (Å²) >= 11 is 0. The Balaban J connectivity index is 1.87. The molecular weight excluding hydrogens is 284 g/mol. The average Bonchev–Trinajstić information content (AvgIpc) is 3.12. The molecule has 0 aliphatic rings. The van der Waals surface area contributed by atoms with Crippen molar-refractivity contribution in [3.63, 3.8) is 0 Å². The summed E-state index contributed by atoms with van der Waals surface area (Å²) in [6, 6.07) is 9.17. The van der Waals surface area contributed by atoms with E-state index in [4.69, 9.17) is 9.68 Å². The van der Waals surface area contributed by atoms with Gasteiger partial charge in [-0.05, 0) is 12.1 Å². The monoisotopic (exact) mass is 292 g/mol. The number of furan rings is 1. The van der Waals surface area contributed by atoms with E-state index in [0.717, 1.165) is 5.39 Å². The number of fused-ring (bicyclic) bond motifs is 3. The lowest BCUT2D eigenvalue weighted by molar-refractivity contribution is 0.639. The molecule has 1 aromatic carbocycles. The molecule has 1 N–H and O–H groups in total. The molecule has 22 heavy (non-hydrogen) atoms. The molecule has 0 aliphatic heterocycles. The van der Waals surface area contributed by atoms with Gasteiger partial charge in [0, 0.05) is 5.39 Å². The SMILES string of the molecule is N#Cc1ncn(Cc2nc3c(oc4ccccc43)c(=O)[nH]2)n1. The largest absolute Gasteiger partial charge is 0.449 e. The Morgan fingerprint density at radius 2 is 2.23 bits per heavy atom. The number of H-pyrrole nitrogens is 1.